The summed E-state index contributed by atoms with van der Waals surface area (Å²) < 4.78 is 13.2. The third-order valence-electron chi connectivity index (χ3n) is 3.80. The monoisotopic (exact) mass is 304 g/mol. The zero-order chi connectivity index (χ0) is 15.2. The summed E-state index contributed by atoms with van der Waals surface area (Å²) in [6.07, 6.45) is 1.74. The summed E-state index contributed by atoms with van der Waals surface area (Å²) in [5, 5.41) is 0. The molecule has 0 saturated heterocycles. The molecule has 21 heavy (non-hydrogen) atoms. The average Bonchev–Trinajstić information content (AvgIpc) is 2.47. The quantitative estimate of drug-likeness (QED) is 0.610. The molecule has 2 aromatic rings. The normalized spacial score (nSPS) is 12.6. The van der Waals surface area contributed by atoms with E-state index in [0.717, 1.165) is 18.4 Å². The van der Waals surface area contributed by atoms with E-state index < -0.39 is 0 Å². The summed E-state index contributed by atoms with van der Waals surface area (Å²) in [6, 6.07) is 15.5. The van der Waals surface area contributed by atoms with Crippen molar-refractivity contribution in [1.82, 2.24) is 0 Å². The standard InChI is InChI=1S/C19H22ClF/c1-14(2)18-8-6-15(7-9-18)10-17(13-20)11-16-4-3-5-19(21)12-16/h3-9,12,14,17H,10-11,13H2,1-2H3. The minimum atomic E-state index is -0.179. The fourth-order valence-corrected chi connectivity index (χ4v) is 2.77. The van der Waals surface area contributed by atoms with E-state index in [-0.39, 0.29) is 5.82 Å². The van der Waals surface area contributed by atoms with Gasteiger partial charge in [-0.1, -0.05) is 50.2 Å². The van der Waals surface area contributed by atoms with E-state index in [0.29, 0.717) is 17.7 Å². The molecule has 2 aromatic carbocycles. The van der Waals surface area contributed by atoms with Gasteiger partial charge in [-0.2, -0.15) is 0 Å². The molecular formula is C19H22ClF. The molecule has 0 radical (unpaired) electrons. The Morgan fingerprint density at radius 1 is 0.952 bits per heavy atom. The summed E-state index contributed by atoms with van der Waals surface area (Å²) in [6.45, 7) is 4.39. The molecule has 1 unspecified atom stereocenters. The maximum atomic E-state index is 13.2. The van der Waals surface area contributed by atoms with Gasteiger partial charge >= 0.3 is 0 Å². The van der Waals surface area contributed by atoms with Gasteiger partial charge in [0.05, 0.1) is 0 Å². The van der Waals surface area contributed by atoms with E-state index in [4.69, 9.17) is 11.6 Å². The zero-order valence-electron chi connectivity index (χ0n) is 12.7. The third kappa shape index (κ3) is 4.86. The van der Waals surface area contributed by atoms with Crippen LogP contribution in [0.1, 0.15) is 36.5 Å². The molecule has 0 spiro atoms. The molecule has 0 saturated carbocycles. The first-order valence-corrected chi connectivity index (χ1v) is 8.01. The second-order valence-electron chi connectivity index (χ2n) is 5.95. The van der Waals surface area contributed by atoms with Gasteiger partial charge in [-0.25, -0.2) is 4.39 Å². The van der Waals surface area contributed by atoms with Gasteiger partial charge in [0.15, 0.2) is 0 Å². The molecule has 0 aromatic heterocycles. The predicted octanol–water partition coefficient (Wildman–Crippen LogP) is 5.59. The SMILES string of the molecule is CC(C)c1ccc(CC(CCl)Cc2cccc(F)c2)cc1. The van der Waals surface area contributed by atoms with Crippen molar-refractivity contribution in [3.8, 4) is 0 Å². The lowest BCUT2D eigenvalue weighted by molar-refractivity contribution is 0.576. The van der Waals surface area contributed by atoms with E-state index in [1.54, 1.807) is 12.1 Å². The number of hydrogen-bond donors (Lipinski definition) is 0. The van der Waals surface area contributed by atoms with E-state index in [2.05, 4.69) is 38.1 Å². The summed E-state index contributed by atoms with van der Waals surface area (Å²) in [5.41, 5.74) is 3.66. The van der Waals surface area contributed by atoms with Crippen molar-refractivity contribution in [2.45, 2.75) is 32.6 Å². The summed E-state index contributed by atoms with van der Waals surface area (Å²) in [5.74, 6) is 1.29. The minimum absolute atomic E-state index is 0.179. The van der Waals surface area contributed by atoms with E-state index in [1.807, 2.05) is 6.07 Å². The molecule has 0 bridgehead atoms. The highest BCUT2D eigenvalue weighted by molar-refractivity contribution is 6.18. The van der Waals surface area contributed by atoms with Crippen LogP contribution < -0.4 is 0 Å². The summed E-state index contributed by atoms with van der Waals surface area (Å²) >= 11 is 6.10. The lowest BCUT2D eigenvalue weighted by atomic mass is 9.92. The van der Waals surface area contributed by atoms with Crippen LogP contribution in [0.5, 0.6) is 0 Å². The molecule has 0 N–H and O–H groups in total. The van der Waals surface area contributed by atoms with Crippen LogP contribution in [-0.4, -0.2) is 5.88 Å². The Hall–Kier alpha value is -1.34. The Labute approximate surface area is 132 Å². The highest BCUT2D eigenvalue weighted by atomic mass is 35.5. The molecule has 112 valence electrons. The molecule has 0 amide bonds. The molecule has 0 aliphatic heterocycles. The van der Waals surface area contributed by atoms with E-state index in [9.17, 15) is 4.39 Å². The maximum absolute atomic E-state index is 13.2. The molecule has 0 fully saturated rings. The van der Waals surface area contributed by atoms with Gasteiger partial charge in [-0.3, -0.25) is 0 Å². The van der Waals surface area contributed by atoms with Gasteiger partial charge in [0.25, 0.3) is 0 Å². The number of hydrogen-bond acceptors (Lipinski definition) is 0. The van der Waals surface area contributed by atoms with Crippen molar-refractivity contribution in [1.29, 1.82) is 0 Å². The Bertz CT molecular complexity index is 560. The van der Waals surface area contributed by atoms with Crippen LogP contribution in [0.25, 0.3) is 0 Å². The first kappa shape index (κ1) is 16.0. The smallest absolute Gasteiger partial charge is 0.123 e. The first-order valence-electron chi connectivity index (χ1n) is 7.47. The van der Waals surface area contributed by atoms with Gasteiger partial charge in [0.1, 0.15) is 5.82 Å². The first-order chi connectivity index (χ1) is 10.1. The fourth-order valence-electron chi connectivity index (χ4n) is 2.55. The van der Waals surface area contributed by atoms with Gasteiger partial charge in [0, 0.05) is 5.88 Å². The van der Waals surface area contributed by atoms with Crippen LogP contribution in [0.3, 0.4) is 0 Å². The van der Waals surface area contributed by atoms with E-state index in [1.165, 1.54) is 17.2 Å². The lowest BCUT2D eigenvalue weighted by Gasteiger charge is -2.15. The second kappa shape index (κ2) is 7.61. The molecule has 0 heterocycles. The molecule has 0 aliphatic carbocycles. The minimum Gasteiger partial charge on any atom is -0.207 e. The van der Waals surface area contributed by atoms with Crippen molar-refractivity contribution in [3.63, 3.8) is 0 Å². The Balaban J connectivity index is 2.01. The van der Waals surface area contributed by atoms with Crippen molar-refractivity contribution < 1.29 is 4.39 Å². The van der Waals surface area contributed by atoms with Crippen LogP contribution >= 0.6 is 11.6 Å². The molecule has 0 aliphatic rings. The average molecular weight is 305 g/mol. The van der Waals surface area contributed by atoms with Crippen LogP contribution in [0.15, 0.2) is 48.5 Å². The zero-order valence-corrected chi connectivity index (χ0v) is 13.4. The highest BCUT2D eigenvalue weighted by Crippen LogP contribution is 2.20. The number of benzene rings is 2. The van der Waals surface area contributed by atoms with E-state index >= 15 is 0 Å². The van der Waals surface area contributed by atoms with Crippen LogP contribution in [0.2, 0.25) is 0 Å². The highest BCUT2D eigenvalue weighted by Gasteiger charge is 2.11. The van der Waals surface area contributed by atoms with Gasteiger partial charge < -0.3 is 0 Å². The lowest BCUT2D eigenvalue weighted by Crippen LogP contribution is -2.10. The predicted molar refractivity (Wildman–Crippen MR) is 88.5 cm³/mol. The molecule has 1 atom stereocenters. The Kier molecular flexibility index (Phi) is 5.81. The largest absolute Gasteiger partial charge is 0.207 e. The van der Waals surface area contributed by atoms with Crippen molar-refractivity contribution in [3.05, 3.63) is 71.0 Å². The Morgan fingerprint density at radius 2 is 1.62 bits per heavy atom. The third-order valence-corrected chi connectivity index (χ3v) is 4.24. The number of rotatable bonds is 6. The molecule has 2 rings (SSSR count). The van der Waals surface area contributed by atoms with Gasteiger partial charge in [0.2, 0.25) is 0 Å². The number of halogens is 2. The van der Waals surface area contributed by atoms with Crippen molar-refractivity contribution >= 4 is 11.6 Å². The van der Waals surface area contributed by atoms with Crippen LogP contribution in [0.4, 0.5) is 4.39 Å². The summed E-state index contributed by atoms with van der Waals surface area (Å²) in [7, 11) is 0. The van der Waals surface area contributed by atoms with Crippen LogP contribution in [-0.2, 0) is 12.8 Å². The fraction of sp³-hybridized carbons (Fsp3) is 0.368. The topological polar surface area (TPSA) is 0 Å². The molecular weight excluding hydrogens is 283 g/mol. The van der Waals surface area contributed by atoms with Crippen molar-refractivity contribution in [2.75, 3.05) is 5.88 Å². The molecule has 2 heteroatoms. The molecule has 0 nitrogen and oxygen atoms in total. The van der Waals surface area contributed by atoms with Crippen molar-refractivity contribution in [2.24, 2.45) is 5.92 Å². The number of alkyl halides is 1. The Morgan fingerprint density at radius 3 is 2.19 bits per heavy atom. The van der Waals surface area contributed by atoms with Gasteiger partial charge in [-0.05, 0) is 53.5 Å². The van der Waals surface area contributed by atoms with Crippen LogP contribution in [0, 0.1) is 11.7 Å². The summed E-state index contributed by atoms with van der Waals surface area (Å²) in [4.78, 5) is 0. The maximum Gasteiger partial charge on any atom is 0.123 e. The second-order valence-corrected chi connectivity index (χ2v) is 6.26. The van der Waals surface area contributed by atoms with Gasteiger partial charge in [-0.15, -0.1) is 11.6 Å².